The number of rotatable bonds is 3. The third-order valence-electron chi connectivity index (χ3n) is 2.38. The molecular formula is C10H8Cl2N4O2. The summed E-state index contributed by atoms with van der Waals surface area (Å²) in [6.07, 6.45) is 1.10. The predicted molar refractivity (Wildman–Crippen MR) is 68.9 cm³/mol. The van der Waals surface area contributed by atoms with Crippen LogP contribution in [0.2, 0.25) is 10.0 Å². The fraction of sp³-hybridized carbons (Fsp3) is 0.100. The Hall–Kier alpha value is -1.79. The maximum Gasteiger partial charge on any atom is 0.330 e. The number of nitrogens with zero attached hydrogens (tertiary/aromatic N) is 3. The molecule has 2 N–H and O–H groups in total. The van der Waals surface area contributed by atoms with Crippen molar-refractivity contribution in [3.8, 4) is 0 Å². The van der Waals surface area contributed by atoms with Crippen molar-refractivity contribution in [1.29, 1.82) is 0 Å². The molecule has 1 heterocycles. The molecule has 1 aromatic heterocycles. The lowest BCUT2D eigenvalue weighted by atomic mass is 10.2. The molecule has 94 valence electrons. The summed E-state index contributed by atoms with van der Waals surface area (Å²) in [6, 6.07) is 4.96. The van der Waals surface area contributed by atoms with Crippen molar-refractivity contribution in [3.63, 3.8) is 0 Å². The van der Waals surface area contributed by atoms with E-state index in [-0.39, 0.29) is 18.1 Å². The topological polar surface area (TPSA) is 87.0 Å². The van der Waals surface area contributed by atoms with Crippen molar-refractivity contribution in [2.24, 2.45) is 0 Å². The highest BCUT2D eigenvalue weighted by molar-refractivity contribution is 6.33. The van der Waals surface area contributed by atoms with Crippen LogP contribution in [-0.4, -0.2) is 14.7 Å². The molecule has 0 aliphatic rings. The van der Waals surface area contributed by atoms with Crippen LogP contribution in [0.15, 0.2) is 24.4 Å². The molecule has 2 rings (SSSR count). The molecule has 0 unspecified atom stereocenters. The van der Waals surface area contributed by atoms with E-state index in [0.717, 1.165) is 6.20 Å². The van der Waals surface area contributed by atoms with Crippen LogP contribution in [0.5, 0.6) is 0 Å². The van der Waals surface area contributed by atoms with Gasteiger partial charge in [-0.3, -0.25) is 10.1 Å². The molecule has 0 aliphatic heterocycles. The van der Waals surface area contributed by atoms with Crippen LogP contribution in [0.25, 0.3) is 0 Å². The Morgan fingerprint density at radius 1 is 1.44 bits per heavy atom. The Labute approximate surface area is 112 Å². The average Bonchev–Trinajstić information content (AvgIpc) is 2.66. The van der Waals surface area contributed by atoms with Gasteiger partial charge in [0.15, 0.2) is 0 Å². The van der Waals surface area contributed by atoms with E-state index in [0.29, 0.717) is 15.6 Å². The molecule has 0 saturated carbocycles. The Balaban J connectivity index is 2.34. The fourth-order valence-electron chi connectivity index (χ4n) is 1.48. The number of hydrogen-bond donors (Lipinski definition) is 1. The molecule has 0 fully saturated rings. The molecule has 8 heteroatoms. The minimum atomic E-state index is -0.585. The number of nitro groups is 1. The van der Waals surface area contributed by atoms with Crippen molar-refractivity contribution in [3.05, 3.63) is 50.1 Å². The minimum Gasteiger partial charge on any atom is -0.378 e. The second-order valence-electron chi connectivity index (χ2n) is 3.57. The summed E-state index contributed by atoms with van der Waals surface area (Å²) in [5, 5.41) is 15.5. The van der Waals surface area contributed by atoms with Crippen LogP contribution in [0, 0.1) is 10.1 Å². The van der Waals surface area contributed by atoms with Crippen molar-refractivity contribution in [2.75, 3.05) is 5.73 Å². The van der Waals surface area contributed by atoms with Crippen LogP contribution < -0.4 is 5.73 Å². The Morgan fingerprint density at radius 3 is 2.78 bits per heavy atom. The number of benzene rings is 1. The molecule has 0 bridgehead atoms. The number of anilines is 1. The largest absolute Gasteiger partial charge is 0.378 e. The van der Waals surface area contributed by atoms with Gasteiger partial charge in [0.25, 0.3) is 0 Å². The highest BCUT2D eigenvalue weighted by atomic mass is 35.5. The quantitative estimate of drug-likeness (QED) is 0.694. The number of nitrogen functional groups attached to an aromatic ring is 1. The van der Waals surface area contributed by atoms with Crippen LogP contribution in [-0.2, 0) is 6.54 Å². The Morgan fingerprint density at radius 2 is 2.17 bits per heavy atom. The lowest BCUT2D eigenvalue weighted by molar-refractivity contribution is -0.384. The van der Waals surface area contributed by atoms with Gasteiger partial charge in [-0.25, -0.2) is 4.68 Å². The third kappa shape index (κ3) is 2.39. The van der Waals surface area contributed by atoms with Gasteiger partial charge in [0.05, 0.1) is 11.5 Å². The average molecular weight is 287 g/mol. The summed E-state index contributed by atoms with van der Waals surface area (Å²) in [5.41, 5.74) is 6.08. The van der Waals surface area contributed by atoms with E-state index in [9.17, 15) is 10.1 Å². The van der Waals surface area contributed by atoms with Crippen LogP contribution in [0.1, 0.15) is 5.56 Å². The van der Waals surface area contributed by atoms with Gasteiger partial charge in [-0.2, -0.15) is 5.10 Å². The number of hydrogen-bond acceptors (Lipinski definition) is 4. The van der Waals surface area contributed by atoms with Gasteiger partial charge in [0.2, 0.25) is 5.82 Å². The van der Waals surface area contributed by atoms with E-state index in [1.807, 2.05) is 0 Å². The van der Waals surface area contributed by atoms with Crippen molar-refractivity contribution in [2.45, 2.75) is 6.54 Å². The molecule has 0 amide bonds. The summed E-state index contributed by atoms with van der Waals surface area (Å²) in [7, 11) is 0. The van der Waals surface area contributed by atoms with Crippen molar-refractivity contribution < 1.29 is 4.92 Å². The molecule has 18 heavy (non-hydrogen) atoms. The monoisotopic (exact) mass is 286 g/mol. The zero-order valence-electron chi connectivity index (χ0n) is 9.01. The summed E-state index contributed by atoms with van der Waals surface area (Å²) in [6.45, 7) is 0.221. The van der Waals surface area contributed by atoms with Gasteiger partial charge in [0, 0.05) is 10.0 Å². The zero-order valence-corrected chi connectivity index (χ0v) is 10.5. The molecule has 0 radical (unpaired) electrons. The van der Waals surface area contributed by atoms with Gasteiger partial charge in [-0.15, -0.1) is 0 Å². The van der Waals surface area contributed by atoms with E-state index in [1.165, 1.54) is 4.68 Å². The lowest BCUT2D eigenvalue weighted by Crippen LogP contribution is -2.07. The molecular weight excluding hydrogens is 279 g/mol. The zero-order chi connectivity index (χ0) is 13.3. The first-order chi connectivity index (χ1) is 8.49. The van der Waals surface area contributed by atoms with Gasteiger partial charge >= 0.3 is 5.69 Å². The van der Waals surface area contributed by atoms with E-state index in [4.69, 9.17) is 28.9 Å². The predicted octanol–water partition coefficient (Wildman–Crippen LogP) is 2.73. The van der Waals surface area contributed by atoms with E-state index >= 15 is 0 Å². The SMILES string of the molecule is Nc1c([N+](=O)[O-])cnn1Cc1cc(Cl)ccc1Cl. The van der Waals surface area contributed by atoms with Crippen LogP contribution in [0.4, 0.5) is 11.5 Å². The van der Waals surface area contributed by atoms with Crippen LogP contribution in [0.3, 0.4) is 0 Å². The Kier molecular flexibility index (Phi) is 3.40. The summed E-state index contributed by atoms with van der Waals surface area (Å²) >= 11 is 11.8. The number of halogens is 2. The first-order valence-electron chi connectivity index (χ1n) is 4.88. The second kappa shape index (κ2) is 4.83. The van der Waals surface area contributed by atoms with E-state index in [1.54, 1.807) is 18.2 Å². The van der Waals surface area contributed by atoms with Gasteiger partial charge in [0.1, 0.15) is 6.20 Å². The van der Waals surface area contributed by atoms with Gasteiger partial charge in [-0.1, -0.05) is 23.2 Å². The normalized spacial score (nSPS) is 10.6. The molecule has 1 aromatic carbocycles. The standard InChI is InChI=1S/C10H8Cl2N4O2/c11-7-1-2-8(12)6(3-7)5-15-10(13)9(4-14-15)16(17)18/h1-4H,5,13H2. The smallest absolute Gasteiger partial charge is 0.330 e. The summed E-state index contributed by atoms with van der Waals surface area (Å²) in [4.78, 5) is 10.0. The van der Waals surface area contributed by atoms with Gasteiger partial charge in [-0.05, 0) is 23.8 Å². The maximum atomic E-state index is 10.6. The second-order valence-corrected chi connectivity index (χ2v) is 4.41. The Bertz CT molecular complexity index is 612. The number of aromatic nitrogens is 2. The molecule has 2 aromatic rings. The van der Waals surface area contributed by atoms with Crippen LogP contribution >= 0.6 is 23.2 Å². The highest BCUT2D eigenvalue weighted by Crippen LogP contribution is 2.25. The molecule has 0 saturated heterocycles. The maximum absolute atomic E-state index is 10.6. The first kappa shape index (κ1) is 12.7. The summed E-state index contributed by atoms with van der Waals surface area (Å²) < 4.78 is 1.30. The molecule has 0 spiro atoms. The first-order valence-corrected chi connectivity index (χ1v) is 5.64. The highest BCUT2D eigenvalue weighted by Gasteiger charge is 2.18. The third-order valence-corrected chi connectivity index (χ3v) is 2.99. The molecule has 0 aliphatic carbocycles. The molecule has 6 nitrogen and oxygen atoms in total. The van der Waals surface area contributed by atoms with Crippen molar-refractivity contribution >= 4 is 34.7 Å². The molecule has 0 atom stereocenters. The number of nitrogens with two attached hydrogens (primary N) is 1. The van der Waals surface area contributed by atoms with E-state index in [2.05, 4.69) is 5.10 Å². The van der Waals surface area contributed by atoms with Gasteiger partial charge < -0.3 is 5.73 Å². The van der Waals surface area contributed by atoms with Crippen molar-refractivity contribution in [1.82, 2.24) is 9.78 Å². The summed E-state index contributed by atoms with van der Waals surface area (Å²) in [5.74, 6) is -0.0176. The lowest BCUT2D eigenvalue weighted by Gasteiger charge is -2.06. The minimum absolute atomic E-state index is 0.0176. The van der Waals surface area contributed by atoms with E-state index < -0.39 is 4.92 Å². The fourth-order valence-corrected chi connectivity index (χ4v) is 1.85.